The summed E-state index contributed by atoms with van der Waals surface area (Å²) < 4.78 is 4.60. The van der Waals surface area contributed by atoms with Crippen LogP contribution in [0.3, 0.4) is 0 Å². The predicted octanol–water partition coefficient (Wildman–Crippen LogP) is 3.35. The highest BCUT2D eigenvalue weighted by Crippen LogP contribution is 2.36. The van der Waals surface area contributed by atoms with Gasteiger partial charge in [0.15, 0.2) is 0 Å². The lowest BCUT2D eigenvalue weighted by Gasteiger charge is -2.19. The van der Waals surface area contributed by atoms with Gasteiger partial charge in [0, 0.05) is 24.6 Å². The zero-order valence-corrected chi connectivity index (χ0v) is 17.1. The zero-order chi connectivity index (χ0) is 20.1. The Kier molecular flexibility index (Phi) is 12.7. The summed E-state index contributed by atoms with van der Waals surface area (Å²) in [6, 6.07) is 0. The highest BCUT2D eigenvalue weighted by atomic mass is 35.5. The number of rotatable bonds is 13. The van der Waals surface area contributed by atoms with Crippen LogP contribution in [0, 0.1) is 11.8 Å². The first-order valence-corrected chi connectivity index (χ1v) is 10.5. The normalized spacial score (nSPS) is 26.9. The third kappa shape index (κ3) is 9.74. The van der Waals surface area contributed by atoms with E-state index in [1.807, 2.05) is 18.2 Å². The van der Waals surface area contributed by atoms with Crippen LogP contribution in [0.2, 0.25) is 0 Å². The van der Waals surface area contributed by atoms with Crippen LogP contribution in [-0.4, -0.2) is 52.6 Å². The molecule has 1 fully saturated rings. The van der Waals surface area contributed by atoms with Crippen molar-refractivity contribution in [3.63, 3.8) is 0 Å². The number of hydrogen-bond acceptors (Lipinski definition) is 5. The summed E-state index contributed by atoms with van der Waals surface area (Å²) in [5, 5.41) is 30.5. The van der Waals surface area contributed by atoms with E-state index in [1.54, 1.807) is 6.08 Å². The smallest absolute Gasteiger partial charge is 0.305 e. The number of alkyl halides is 1. The van der Waals surface area contributed by atoms with Crippen LogP contribution in [0.5, 0.6) is 0 Å². The van der Waals surface area contributed by atoms with Crippen molar-refractivity contribution in [1.82, 2.24) is 0 Å². The van der Waals surface area contributed by atoms with Crippen LogP contribution < -0.4 is 0 Å². The first-order chi connectivity index (χ1) is 13.0. The Hall–Kier alpha value is -0.880. The highest BCUT2D eigenvalue weighted by Gasteiger charge is 2.39. The number of carbonyl (C=O) groups is 1. The minimum Gasteiger partial charge on any atom is -0.469 e. The second-order valence-electron chi connectivity index (χ2n) is 7.28. The van der Waals surface area contributed by atoms with Crippen molar-refractivity contribution in [1.29, 1.82) is 0 Å². The molecule has 5 nitrogen and oxygen atoms in total. The number of aliphatic hydroxyl groups excluding tert-OH is 3. The molecule has 0 aromatic heterocycles. The second kappa shape index (κ2) is 14.2. The first kappa shape index (κ1) is 24.2. The minimum absolute atomic E-state index is 0.0587. The lowest BCUT2D eigenvalue weighted by molar-refractivity contribution is -0.140. The lowest BCUT2D eigenvalue weighted by Crippen LogP contribution is -2.20. The Morgan fingerprint density at radius 2 is 1.96 bits per heavy atom. The van der Waals surface area contributed by atoms with E-state index in [2.05, 4.69) is 4.74 Å². The lowest BCUT2D eigenvalue weighted by atomic mass is 9.89. The third-order valence-corrected chi connectivity index (χ3v) is 5.43. The molecular formula is C21H35ClO5. The molecule has 0 aromatic carbocycles. The van der Waals surface area contributed by atoms with Crippen molar-refractivity contribution in [2.24, 2.45) is 11.8 Å². The van der Waals surface area contributed by atoms with Crippen LogP contribution in [0.1, 0.15) is 57.8 Å². The zero-order valence-electron chi connectivity index (χ0n) is 16.3. The summed E-state index contributed by atoms with van der Waals surface area (Å²) in [5.74, 6) is 0.230. The fourth-order valence-electron chi connectivity index (χ4n) is 3.52. The van der Waals surface area contributed by atoms with E-state index in [9.17, 15) is 20.1 Å². The maximum absolute atomic E-state index is 11.1. The second-order valence-corrected chi connectivity index (χ2v) is 7.66. The summed E-state index contributed by atoms with van der Waals surface area (Å²) in [6.07, 6.45) is 12.5. The molecule has 6 heteroatoms. The van der Waals surface area contributed by atoms with E-state index in [1.165, 1.54) is 7.11 Å². The van der Waals surface area contributed by atoms with E-state index in [0.717, 1.165) is 32.1 Å². The van der Waals surface area contributed by atoms with E-state index < -0.39 is 18.3 Å². The Labute approximate surface area is 168 Å². The predicted molar refractivity (Wildman–Crippen MR) is 108 cm³/mol. The molecule has 156 valence electrons. The van der Waals surface area contributed by atoms with Crippen LogP contribution in [0.25, 0.3) is 0 Å². The van der Waals surface area contributed by atoms with Crippen molar-refractivity contribution in [2.45, 2.75) is 76.1 Å². The molecule has 3 N–H and O–H groups in total. The monoisotopic (exact) mass is 402 g/mol. The van der Waals surface area contributed by atoms with Gasteiger partial charge in [0.2, 0.25) is 0 Å². The molecule has 0 unspecified atom stereocenters. The quantitative estimate of drug-likeness (QED) is 0.190. The maximum atomic E-state index is 11.1. The standard InChI is InChI=1S/C21H35ClO5/c1-27-21(26)11-7-3-2-6-10-17-18(20(25)15-19(17)24)13-12-16(23)9-5-4-8-14-22/h2,6,12-13,16-20,23-25H,3-5,7-11,14-15H2,1H3/t16-,17+,18+,19-,20+/m0/s1. The molecule has 0 spiro atoms. The summed E-state index contributed by atoms with van der Waals surface area (Å²) in [6.45, 7) is 0. The number of allylic oxidation sites excluding steroid dienone is 2. The van der Waals surface area contributed by atoms with E-state index in [4.69, 9.17) is 11.6 Å². The Morgan fingerprint density at radius 3 is 2.67 bits per heavy atom. The molecule has 1 aliphatic rings. The molecule has 0 saturated heterocycles. The topological polar surface area (TPSA) is 87.0 Å². The molecule has 0 bridgehead atoms. The van der Waals surface area contributed by atoms with Gasteiger partial charge in [-0.25, -0.2) is 0 Å². The minimum atomic E-state index is -0.586. The average molecular weight is 403 g/mol. The van der Waals surface area contributed by atoms with Crippen LogP contribution >= 0.6 is 11.6 Å². The largest absolute Gasteiger partial charge is 0.469 e. The van der Waals surface area contributed by atoms with Gasteiger partial charge >= 0.3 is 5.97 Å². The number of aliphatic hydroxyl groups is 3. The van der Waals surface area contributed by atoms with Gasteiger partial charge in [-0.15, -0.1) is 11.6 Å². The van der Waals surface area contributed by atoms with Crippen molar-refractivity contribution in [3.05, 3.63) is 24.3 Å². The molecule has 0 aromatic rings. The van der Waals surface area contributed by atoms with Gasteiger partial charge in [-0.2, -0.15) is 0 Å². The maximum Gasteiger partial charge on any atom is 0.305 e. The van der Waals surface area contributed by atoms with Crippen LogP contribution in [-0.2, 0) is 9.53 Å². The van der Waals surface area contributed by atoms with Crippen molar-refractivity contribution in [3.8, 4) is 0 Å². The number of ether oxygens (including phenoxy) is 1. The molecule has 0 heterocycles. The molecule has 5 atom stereocenters. The summed E-state index contributed by atoms with van der Waals surface area (Å²) in [5.41, 5.74) is 0. The third-order valence-electron chi connectivity index (χ3n) is 5.16. The van der Waals surface area contributed by atoms with E-state index in [0.29, 0.717) is 31.6 Å². The summed E-state index contributed by atoms with van der Waals surface area (Å²) in [7, 11) is 1.38. The van der Waals surface area contributed by atoms with Crippen LogP contribution in [0.15, 0.2) is 24.3 Å². The number of hydrogen-bond donors (Lipinski definition) is 3. The van der Waals surface area contributed by atoms with Crippen molar-refractivity contribution >= 4 is 17.6 Å². The van der Waals surface area contributed by atoms with E-state index >= 15 is 0 Å². The van der Waals surface area contributed by atoms with Gasteiger partial charge < -0.3 is 20.1 Å². The summed E-state index contributed by atoms with van der Waals surface area (Å²) >= 11 is 5.65. The number of unbranched alkanes of at least 4 members (excludes halogenated alkanes) is 3. The molecule has 0 amide bonds. The van der Waals surface area contributed by atoms with Crippen molar-refractivity contribution in [2.75, 3.05) is 13.0 Å². The van der Waals surface area contributed by atoms with Crippen LogP contribution in [0.4, 0.5) is 0 Å². The van der Waals surface area contributed by atoms with Gasteiger partial charge in [0.25, 0.3) is 0 Å². The molecule has 27 heavy (non-hydrogen) atoms. The van der Waals surface area contributed by atoms with Gasteiger partial charge in [0.1, 0.15) is 0 Å². The van der Waals surface area contributed by atoms with E-state index in [-0.39, 0.29) is 17.8 Å². The number of halogens is 1. The SMILES string of the molecule is COC(=O)CCCC=CC[C@@H]1[C@@H](C=C[C@@H](O)CCCCCCl)[C@H](O)C[C@@H]1O. The Balaban J connectivity index is 2.42. The number of esters is 1. The molecule has 0 aliphatic heterocycles. The molecule has 1 saturated carbocycles. The Bertz CT molecular complexity index is 465. The van der Waals surface area contributed by atoms with Gasteiger partial charge in [-0.3, -0.25) is 4.79 Å². The molecule has 1 aliphatic carbocycles. The fraction of sp³-hybridized carbons (Fsp3) is 0.762. The summed E-state index contributed by atoms with van der Waals surface area (Å²) in [4.78, 5) is 11.1. The first-order valence-electron chi connectivity index (χ1n) is 9.99. The fourth-order valence-corrected chi connectivity index (χ4v) is 3.71. The van der Waals surface area contributed by atoms with Gasteiger partial charge in [0.05, 0.1) is 25.4 Å². The van der Waals surface area contributed by atoms with Gasteiger partial charge in [-0.1, -0.05) is 37.1 Å². The number of carbonyl (C=O) groups excluding carboxylic acids is 1. The number of methoxy groups -OCH3 is 1. The van der Waals surface area contributed by atoms with Gasteiger partial charge in [-0.05, 0) is 38.0 Å². The molecular weight excluding hydrogens is 368 g/mol. The highest BCUT2D eigenvalue weighted by molar-refractivity contribution is 6.17. The molecule has 0 radical (unpaired) electrons. The van der Waals surface area contributed by atoms with Crippen molar-refractivity contribution < 1.29 is 24.9 Å². The average Bonchev–Trinajstić information content (AvgIpc) is 2.92. The Morgan fingerprint density at radius 1 is 1.19 bits per heavy atom. The molecule has 1 rings (SSSR count).